The van der Waals surface area contributed by atoms with Crippen LogP contribution >= 0.6 is 22.6 Å². The molecule has 2 aromatic rings. The third-order valence-electron chi connectivity index (χ3n) is 2.42. The quantitative estimate of drug-likeness (QED) is 0.633. The summed E-state index contributed by atoms with van der Waals surface area (Å²) < 4.78 is 40.1. The molecule has 0 saturated carbocycles. The largest absolute Gasteiger partial charge is 0.381 e. The SMILES string of the molecule is Fc1cc(F)c(CNc2ccc(I)cc2)cc1F. The second-order valence-corrected chi connectivity index (χ2v) is 4.96. The molecule has 0 bridgehead atoms. The Balaban J connectivity index is 2.10. The number of halogens is 4. The van der Waals surface area contributed by atoms with Gasteiger partial charge in [-0.1, -0.05) is 0 Å². The molecule has 0 aliphatic carbocycles. The molecule has 0 aromatic heterocycles. The lowest BCUT2D eigenvalue weighted by atomic mass is 10.2. The van der Waals surface area contributed by atoms with Crippen LogP contribution in [0.25, 0.3) is 0 Å². The molecule has 18 heavy (non-hydrogen) atoms. The second-order valence-electron chi connectivity index (χ2n) is 3.72. The van der Waals surface area contributed by atoms with Gasteiger partial charge in [0.05, 0.1) is 0 Å². The van der Waals surface area contributed by atoms with E-state index < -0.39 is 17.5 Å². The fourth-order valence-electron chi connectivity index (χ4n) is 1.46. The van der Waals surface area contributed by atoms with Crippen molar-refractivity contribution < 1.29 is 13.2 Å². The molecule has 1 N–H and O–H groups in total. The predicted molar refractivity (Wildman–Crippen MR) is 72.8 cm³/mol. The molecule has 1 nitrogen and oxygen atoms in total. The molecular formula is C13H9F3IN. The number of hydrogen-bond acceptors (Lipinski definition) is 1. The van der Waals surface area contributed by atoms with Gasteiger partial charge in [-0.3, -0.25) is 0 Å². The molecule has 2 aromatic carbocycles. The molecule has 0 spiro atoms. The van der Waals surface area contributed by atoms with Gasteiger partial charge in [0.2, 0.25) is 0 Å². The van der Waals surface area contributed by atoms with Gasteiger partial charge in [0.15, 0.2) is 11.6 Å². The van der Waals surface area contributed by atoms with Gasteiger partial charge in [-0.2, -0.15) is 0 Å². The topological polar surface area (TPSA) is 12.0 Å². The van der Waals surface area contributed by atoms with Crippen LogP contribution in [0.3, 0.4) is 0 Å². The van der Waals surface area contributed by atoms with Crippen LogP contribution in [0.5, 0.6) is 0 Å². The first kappa shape index (κ1) is 13.2. The zero-order valence-corrected chi connectivity index (χ0v) is 11.3. The van der Waals surface area contributed by atoms with E-state index in [4.69, 9.17) is 0 Å². The fraction of sp³-hybridized carbons (Fsp3) is 0.0769. The average Bonchev–Trinajstić information content (AvgIpc) is 2.34. The van der Waals surface area contributed by atoms with Crippen LogP contribution in [0.15, 0.2) is 36.4 Å². The normalized spacial score (nSPS) is 10.4. The van der Waals surface area contributed by atoms with Crippen molar-refractivity contribution in [3.05, 3.63) is 63.0 Å². The van der Waals surface area contributed by atoms with E-state index in [0.29, 0.717) is 6.07 Å². The summed E-state index contributed by atoms with van der Waals surface area (Å²) in [5.74, 6) is -2.98. The van der Waals surface area contributed by atoms with Crippen LogP contribution in [0.1, 0.15) is 5.56 Å². The molecule has 0 unspecified atom stereocenters. The number of nitrogens with one attached hydrogen (secondary N) is 1. The van der Waals surface area contributed by atoms with Gasteiger partial charge >= 0.3 is 0 Å². The summed E-state index contributed by atoms with van der Waals surface area (Å²) >= 11 is 2.17. The van der Waals surface area contributed by atoms with E-state index in [1.807, 2.05) is 24.3 Å². The maximum Gasteiger partial charge on any atom is 0.161 e. The summed E-state index contributed by atoms with van der Waals surface area (Å²) in [5, 5.41) is 2.94. The highest BCUT2D eigenvalue weighted by Crippen LogP contribution is 2.16. The Hall–Kier alpha value is -1.24. The van der Waals surface area contributed by atoms with E-state index in [1.165, 1.54) is 0 Å². The zero-order chi connectivity index (χ0) is 13.1. The Morgan fingerprint density at radius 1 is 0.889 bits per heavy atom. The molecule has 94 valence electrons. The molecule has 0 radical (unpaired) electrons. The molecule has 2 rings (SSSR count). The molecule has 0 aliphatic heterocycles. The van der Waals surface area contributed by atoms with Gasteiger partial charge in [-0.05, 0) is 52.9 Å². The van der Waals surface area contributed by atoms with Crippen molar-refractivity contribution in [3.63, 3.8) is 0 Å². The smallest absolute Gasteiger partial charge is 0.161 e. The van der Waals surface area contributed by atoms with Crippen LogP contribution in [-0.2, 0) is 6.54 Å². The van der Waals surface area contributed by atoms with E-state index in [0.717, 1.165) is 15.3 Å². The summed E-state index contributed by atoms with van der Waals surface area (Å²) in [6.45, 7) is 0.101. The lowest BCUT2D eigenvalue weighted by Crippen LogP contribution is -2.03. The van der Waals surface area contributed by atoms with E-state index in [-0.39, 0.29) is 12.1 Å². The highest BCUT2D eigenvalue weighted by atomic mass is 127. The molecule has 0 aliphatic rings. The third kappa shape index (κ3) is 3.16. The summed E-state index contributed by atoms with van der Waals surface area (Å²) in [7, 11) is 0. The number of anilines is 1. The number of rotatable bonds is 3. The maximum absolute atomic E-state index is 13.3. The second kappa shape index (κ2) is 5.60. The molecule has 0 saturated heterocycles. The molecule has 5 heteroatoms. The average molecular weight is 363 g/mol. The van der Waals surface area contributed by atoms with E-state index in [2.05, 4.69) is 27.9 Å². The van der Waals surface area contributed by atoms with Gasteiger partial charge in [0.1, 0.15) is 5.82 Å². The molecular weight excluding hydrogens is 354 g/mol. The fourth-order valence-corrected chi connectivity index (χ4v) is 1.82. The lowest BCUT2D eigenvalue weighted by molar-refractivity contribution is 0.490. The highest BCUT2D eigenvalue weighted by Gasteiger charge is 2.09. The minimum atomic E-state index is -1.18. The van der Waals surface area contributed by atoms with Gasteiger partial charge in [-0.25, -0.2) is 13.2 Å². The van der Waals surface area contributed by atoms with Gasteiger partial charge in [0, 0.05) is 27.4 Å². The van der Waals surface area contributed by atoms with Gasteiger partial charge < -0.3 is 5.32 Å². The highest BCUT2D eigenvalue weighted by molar-refractivity contribution is 14.1. The van der Waals surface area contributed by atoms with Crippen molar-refractivity contribution in [1.82, 2.24) is 0 Å². The van der Waals surface area contributed by atoms with Crippen molar-refractivity contribution in [3.8, 4) is 0 Å². The maximum atomic E-state index is 13.3. The van der Waals surface area contributed by atoms with Crippen LogP contribution in [-0.4, -0.2) is 0 Å². The Morgan fingerprint density at radius 3 is 2.17 bits per heavy atom. The first-order valence-electron chi connectivity index (χ1n) is 5.19. The summed E-state index contributed by atoms with van der Waals surface area (Å²) in [6.07, 6.45) is 0. The van der Waals surface area contributed by atoms with Crippen molar-refractivity contribution in [2.24, 2.45) is 0 Å². The molecule has 0 atom stereocenters. The van der Waals surface area contributed by atoms with Crippen LogP contribution < -0.4 is 5.32 Å². The van der Waals surface area contributed by atoms with Crippen molar-refractivity contribution >= 4 is 28.3 Å². The predicted octanol–water partition coefficient (Wildman–Crippen LogP) is 4.32. The number of benzene rings is 2. The summed E-state index contributed by atoms with van der Waals surface area (Å²) in [5.41, 5.74) is 0.881. The van der Waals surface area contributed by atoms with Crippen molar-refractivity contribution in [2.75, 3.05) is 5.32 Å². The van der Waals surface area contributed by atoms with E-state index in [1.54, 1.807) is 0 Å². The van der Waals surface area contributed by atoms with Gasteiger partial charge in [-0.15, -0.1) is 0 Å². The standard InChI is InChI=1S/C13H9F3IN/c14-11-6-13(16)12(15)5-8(11)7-18-10-3-1-9(17)2-4-10/h1-6,18H,7H2. The lowest BCUT2D eigenvalue weighted by Gasteiger charge is -2.08. The Labute approximate surface area is 116 Å². The van der Waals surface area contributed by atoms with E-state index in [9.17, 15) is 13.2 Å². The molecule has 0 fully saturated rings. The molecule has 0 amide bonds. The zero-order valence-electron chi connectivity index (χ0n) is 9.18. The Bertz CT molecular complexity index is 555. The van der Waals surface area contributed by atoms with E-state index >= 15 is 0 Å². The molecule has 0 heterocycles. The Kier molecular flexibility index (Phi) is 4.11. The van der Waals surface area contributed by atoms with Crippen molar-refractivity contribution in [2.45, 2.75) is 6.54 Å². The first-order valence-corrected chi connectivity index (χ1v) is 6.27. The van der Waals surface area contributed by atoms with Crippen LogP contribution in [0.2, 0.25) is 0 Å². The van der Waals surface area contributed by atoms with Crippen LogP contribution in [0.4, 0.5) is 18.9 Å². The minimum Gasteiger partial charge on any atom is -0.381 e. The minimum absolute atomic E-state index is 0.0902. The van der Waals surface area contributed by atoms with Gasteiger partial charge in [0.25, 0.3) is 0 Å². The number of hydrogen-bond donors (Lipinski definition) is 1. The first-order chi connectivity index (χ1) is 8.56. The third-order valence-corrected chi connectivity index (χ3v) is 3.14. The summed E-state index contributed by atoms with van der Waals surface area (Å²) in [6, 6.07) is 8.87. The Morgan fingerprint density at radius 2 is 1.50 bits per heavy atom. The van der Waals surface area contributed by atoms with Crippen LogP contribution in [0, 0.1) is 21.0 Å². The van der Waals surface area contributed by atoms with Crippen molar-refractivity contribution in [1.29, 1.82) is 0 Å². The summed E-state index contributed by atoms with van der Waals surface area (Å²) in [4.78, 5) is 0. The monoisotopic (exact) mass is 363 g/mol.